The molecule has 2 aromatic rings. The van der Waals surface area contributed by atoms with Crippen molar-refractivity contribution in [2.24, 2.45) is 0 Å². The highest BCUT2D eigenvalue weighted by atomic mass is 16.5. The molecule has 1 saturated heterocycles. The second-order valence-corrected chi connectivity index (χ2v) is 6.92. The van der Waals surface area contributed by atoms with Crippen LogP contribution in [0.25, 0.3) is 0 Å². The highest BCUT2D eigenvalue weighted by molar-refractivity contribution is 5.36. The maximum atomic E-state index is 10.3. The average Bonchev–Trinajstić information content (AvgIpc) is 3.26. The number of aliphatic hydroxyl groups excluding tert-OH is 1. The van der Waals surface area contributed by atoms with Gasteiger partial charge in [0.15, 0.2) is 0 Å². The van der Waals surface area contributed by atoms with Crippen molar-refractivity contribution in [3.8, 4) is 5.75 Å². The second-order valence-electron chi connectivity index (χ2n) is 6.92. The van der Waals surface area contributed by atoms with Crippen LogP contribution < -0.4 is 10.1 Å². The zero-order valence-corrected chi connectivity index (χ0v) is 14.4. The maximum absolute atomic E-state index is 10.3. The highest BCUT2D eigenvalue weighted by Crippen LogP contribution is 2.31. The Kier molecular flexibility index (Phi) is 5.02. The average molecular weight is 339 g/mol. The van der Waals surface area contributed by atoms with E-state index in [1.807, 2.05) is 24.3 Å². The fourth-order valence-corrected chi connectivity index (χ4v) is 3.72. The topological polar surface area (TPSA) is 50.7 Å². The van der Waals surface area contributed by atoms with Crippen LogP contribution in [-0.2, 0) is 17.7 Å². The summed E-state index contributed by atoms with van der Waals surface area (Å²) < 4.78 is 11.4. The molecule has 0 amide bonds. The molecule has 0 aromatic heterocycles. The Morgan fingerprint density at radius 1 is 1.12 bits per heavy atom. The van der Waals surface area contributed by atoms with Gasteiger partial charge >= 0.3 is 0 Å². The zero-order chi connectivity index (χ0) is 17.1. The third-order valence-electron chi connectivity index (χ3n) is 5.11. The molecule has 0 radical (unpaired) electrons. The summed E-state index contributed by atoms with van der Waals surface area (Å²) in [6, 6.07) is 16.4. The molecule has 1 aliphatic heterocycles. The summed E-state index contributed by atoms with van der Waals surface area (Å²) in [5.41, 5.74) is 3.64. The van der Waals surface area contributed by atoms with E-state index in [4.69, 9.17) is 9.47 Å². The molecule has 0 bridgehead atoms. The lowest BCUT2D eigenvalue weighted by molar-refractivity contribution is 0.0679. The molecule has 0 saturated carbocycles. The number of hydrogen-bond acceptors (Lipinski definition) is 4. The first-order valence-electron chi connectivity index (χ1n) is 9.12. The molecule has 4 heteroatoms. The van der Waals surface area contributed by atoms with Gasteiger partial charge in [-0.25, -0.2) is 0 Å². The van der Waals surface area contributed by atoms with E-state index >= 15 is 0 Å². The van der Waals surface area contributed by atoms with Crippen molar-refractivity contribution in [3.05, 3.63) is 65.2 Å². The summed E-state index contributed by atoms with van der Waals surface area (Å²) in [5.74, 6) is 0.880. The molecule has 1 heterocycles. The Morgan fingerprint density at radius 2 is 1.96 bits per heavy atom. The molecule has 2 aliphatic rings. The lowest BCUT2D eigenvalue weighted by atomic mass is 10.1. The van der Waals surface area contributed by atoms with Gasteiger partial charge < -0.3 is 19.9 Å². The number of benzene rings is 2. The van der Waals surface area contributed by atoms with Crippen LogP contribution in [0.4, 0.5) is 0 Å². The van der Waals surface area contributed by atoms with Gasteiger partial charge in [0.25, 0.3) is 0 Å². The number of nitrogens with one attached hydrogen (secondary N) is 1. The summed E-state index contributed by atoms with van der Waals surface area (Å²) >= 11 is 0. The minimum atomic E-state index is -0.355. The van der Waals surface area contributed by atoms with Crippen LogP contribution in [0.2, 0.25) is 0 Å². The summed E-state index contributed by atoms with van der Waals surface area (Å²) in [6.45, 7) is 2.21. The fourth-order valence-electron chi connectivity index (χ4n) is 3.72. The van der Waals surface area contributed by atoms with Gasteiger partial charge in [-0.2, -0.15) is 0 Å². The SMILES string of the molecule is OC1Cc2ccccc2C1NCc1ccc(OCC2CCCO2)cc1. The van der Waals surface area contributed by atoms with Crippen LogP contribution in [0.15, 0.2) is 48.5 Å². The van der Waals surface area contributed by atoms with Gasteiger partial charge in [-0.1, -0.05) is 36.4 Å². The van der Waals surface area contributed by atoms with Crippen LogP contribution >= 0.6 is 0 Å². The van der Waals surface area contributed by atoms with E-state index in [1.165, 1.54) is 16.7 Å². The van der Waals surface area contributed by atoms with Gasteiger partial charge in [0, 0.05) is 19.6 Å². The monoisotopic (exact) mass is 339 g/mol. The Balaban J connectivity index is 1.31. The Bertz CT molecular complexity index is 695. The van der Waals surface area contributed by atoms with Gasteiger partial charge in [0.05, 0.1) is 18.2 Å². The van der Waals surface area contributed by atoms with Crippen LogP contribution in [0.1, 0.15) is 35.6 Å². The van der Waals surface area contributed by atoms with Crippen molar-refractivity contribution in [2.45, 2.75) is 44.1 Å². The summed E-state index contributed by atoms with van der Waals surface area (Å²) in [6.07, 6.45) is 2.84. The third kappa shape index (κ3) is 3.87. The minimum absolute atomic E-state index is 0.00615. The van der Waals surface area contributed by atoms with Gasteiger partial charge in [-0.15, -0.1) is 0 Å². The second kappa shape index (κ2) is 7.56. The van der Waals surface area contributed by atoms with E-state index < -0.39 is 0 Å². The molecule has 1 fully saturated rings. The maximum Gasteiger partial charge on any atom is 0.119 e. The largest absolute Gasteiger partial charge is 0.491 e. The quantitative estimate of drug-likeness (QED) is 0.849. The third-order valence-corrected chi connectivity index (χ3v) is 5.11. The molecule has 3 atom stereocenters. The van der Waals surface area contributed by atoms with Gasteiger partial charge in [0.2, 0.25) is 0 Å². The molecule has 3 unspecified atom stereocenters. The Labute approximate surface area is 148 Å². The molecule has 4 nitrogen and oxygen atoms in total. The van der Waals surface area contributed by atoms with E-state index in [1.54, 1.807) is 0 Å². The fraction of sp³-hybridized carbons (Fsp3) is 0.429. The van der Waals surface area contributed by atoms with Crippen LogP contribution in [0.5, 0.6) is 5.75 Å². The van der Waals surface area contributed by atoms with E-state index in [0.29, 0.717) is 6.61 Å². The van der Waals surface area contributed by atoms with E-state index in [9.17, 15) is 5.11 Å². The first-order chi connectivity index (χ1) is 12.3. The molecule has 132 valence electrons. The summed E-state index contributed by atoms with van der Waals surface area (Å²) in [7, 11) is 0. The molecule has 25 heavy (non-hydrogen) atoms. The zero-order valence-electron chi connectivity index (χ0n) is 14.4. The standard InChI is InChI=1S/C21H25NO3/c23-20-12-16-4-1-2-6-19(16)21(20)22-13-15-7-9-17(10-8-15)25-14-18-5-3-11-24-18/h1-2,4,6-10,18,20-23H,3,5,11-14H2. The molecule has 2 N–H and O–H groups in total. The Hall–Kier alpha value is -1.88. The molecule has 1 aliphatic carbocycles. The predicted octanol–water partition coefficient (Wildman–Crippen LogP) is 2.99. The van der Waals surface area contributed by atoms with Crippen LogP contribution in [0.3, 0.4) is 0 Å². The Morgan fingerprint density at radius 3 is 2.76 bits per heavy atom. The van der Waals surface area contributed by atoms with Crippen LogP contribution in [-0.4, -0.2) is 30.5 Å². The van der Waals surface area contributed by atoms with Crippen molar-refractivity contribution in [2.75, 3.05) is 13.2 Å². The summed E-state index contributed by atoms with van der Waals surface area (Å²) in [4.78, 5) is 0. The van der Waals surface area contributed by atoms with Crippen molar-refractivity contribution in [3.63, 3.8) is 0 Å². The minimum Gasteiger partial charge on any atom is -0.491 e. The number of ether oxygens (including phenoxy) is 2. The van der Waals surface area contributed by atoms with Crippen molar-refractivity contribution in [1.29, 1.82) is 0 Å². The first-order valence-corrected chi connectivity index (χ1v) is 9.12. The lowest BCUT2D eigenvalue weighted by Gasteiger charge is -2.18. The molecular weight excluding hydrogens is 314 g/mol. The van der Waals surface area contributed by atoms with E-state index in [2.05, 4.69) is 29.6 Å². The van der Waals surface area contributed by atoms with Gasteiger partial charge in [-0.05, 0) is 41.7 Å². The van der Waals surface area contributed by atoms with Crippen molar-refractivity contribution < 1.29 is 14.6 Å². The first kappa shape index (κ1) is 16.6. The molecular formula is C21H25NO3. The number of rotatable bonds is 6. The predicted molar refractivity (Wildman–Crippen MR) is 96.6 cm³/mol. The van der Waals surface area contributed by atoms with Crippen LogP contribution in [0, 0.1) is 0 Å². The van der Waals surface area contributed by atoms with E-state index in [-0.39, 0.29) is 18.2 Å². The lowest BCUT2D eigenvalue weighted by Crippen LogP contribution is -2.28. The number of hydrogen-bond donors (Lipinski definition) is 2. The molecule has 0 spiro atoms. The van der Waals surface area contributed by atoms with Gasteiger partial charge in [0.1, 0.15) is 12.4 Å². The smallest absolute Gasteiger partial charge is 0.119 e. The van der Waals surface area contributed by atoms with E-state index in [0.717, 1.165) is 38.2 Å². The van der Waals surface area contributed by atoms with Crippen molar-refractivity contribution in [1.82, 2.24) is 5.32 Å². The summed E-state index contributed by atoms with van der Waals surface area (Å²) in [5, 5.41) is 13.8. The van der Waals surface area contributed by atoms with Crippen molar-refractivity contribution >= 4 is 0 Å². The number of aliphatic hydroxyl groups is 1. The van der Waals surface area contributed by atoms with Gasteiger partial charge in [-0.3, -0.25) is 0 Å². The molecule has 2 aromatic carbocycles. The normalized spacial score (nSPS) is 25.1. The molecule has 4 rings (SSSR count). The number of fused-ring (bicyclic) bond motifs is 1. The highest BCUT2D eigenvalue weighted by Gasteiger charge is 2.30.